The van der Waals surface area contributed by atoms with Crippen molar-refractivity contribution in [3.8, 4) is 0 Å². The number of hydrogen-bond acceptors (Lipinski definition) is 4. The average Bonchev–Trinajstić information content (AvgIpc) is 2.89. The van der Waals surface area contributed by atoms with E-state index in [-0.39, 0.29) is 24.4 Å². The number of nitrogens with one attached hydrogen (secondary N) is 1. The van der Waals surface area contributed by atoms with Gasteiger partial charge in [-0.05, 0) is 64.4 Å². The highest BCUT2D eigenvalue weighted by Crippen LogP contribution is 2.22. The van der Waals surface area contributed by atoms with E-state index in [2.05, 4.69) is 27.9 Å². The summed E-state index contributed by atoms with van der Waals surface area (Å²) in [6.07, 6.45) is 1.20. The minimum atomic E-state index is -3.86. The zero-order valence-electron chi connectivity index (χ0n) is 22.2. The molecule has 10 heteroatoms. The molecule has 3 aromatic carbocycles. The van der Waals surface area contributed by atoms with Crippen molar-refractivity contribution >= 4 is 50.1 Å². The van der Waals surface area contributed by atoms with Crippen LogP contribution in [0.15, 0.2) is 78.9 Å². The fraction of sp³-hybridized carbons (Fsp3) is 0.310. The Bertz CT molecular complexity index is 1370. The molecule has 0 spiro atoms. The Balaban J connectivity index is 2.05. The van der Waals surface area contributed by atoms with Crippen molar-refractivity contribution in [1.82, 2.24) is 10.2 Å². The maximum absolute atomic E-state index is 14.8. The second kappa shape index (κ2) is 13.9. The molecule has 39 heavy (non-hydrogen) atoms. The van der Waals surface area contributed by atoms with Crippen molar-refractivity contribution in [2.24, 2.45) is 5.92 Å². The van der Waals surface area contributed by atoms with Crippen LogP contribution in [0.5, 0.6) is 0 Å². The monoisotopic (exact) mass is 665 g/mol. The number of carbonyl (C=O) groups excluding carboxylic acids is 2. The molecule has 0 saturated carbocycles. The molecule has 0 aliphatic heterocycles. The molecular formula is C29H33FIN3O4S. The molecular weight excluding hydrogens is 632 g/mol. The van der Waals surface area contributed by atoms with Crippen molar-refractivity contribution in [2.75, 3.05) is 23.7 Å². The van der Waals surface area contributed by atoms with Crippen LogP contribution in [0.2, 0.25) is 0 Å². The van der Waals surface area contributed by atoms with Gasteiger partial charge in [-0.3, -0.25) is 13.9 Å². The van der Waals surface area contributed by atoms with Crippen LogP contribution >= 0.6 is 22.6 Å². The lowest BCUT2D eigenvalue weighted by Crippen LogP contribution is -2.53. The van der Waals surface area contributed by atoms with Gasteiger partial charge in [-0.15, -0.1) is 0 Å². The molecule has 2 amide bonds. The van der Waals surface area contributed by atoms with Crippen LogP contribution in [0.4, 0.5) is 10.1 Å². The van der Waals surface area contributed by atoms with Gasteiger partial charge in [-0.2, -0.15) is 0 Å². The van der Waals surface area contributed by atoms with Crippen LogP contribution in [0.3, 0.4) is 0 Å². The Kier molecular flexibility index (Phi) is 10.9. The van der Waals surface area contributed by atoms with Gasteiger partial charge in [-0.1, -0.05) is 62.4 Å². The lowest BCUT2D eigenvalue weighted by molar-refractivity contribution is -0.140. The van der Waals surface area contributed by atoms with E-state index in [1.54, 1.807) is 42.5 Å². The SMILES string of the molecule is CC(C)CNC(=O)[C@H](Cc1ccccc1)N(Cc1ccccc1F)C(=O)CN(c1ccc(I)cc1)S(C)(=O)=O. The highest BCUT2D eigenvalue weighted by atomic mass is 127. The molecule has 0 saturated heterocycles. The number of anilines is 1. The summed E-state index contributed by atoms with van der Waals surface area (Å²) in [5, 5.41) is 2.90. The molecule has 3 aromatic rings. The van der Waals surface area contributed by atoms with E-state index in [9.17, 15) is 22.4 Å². The number of amides is 2. The molecule has 1 atom stereocenters. The summed E-state index contributed by atoms with van der Waals surface area (Å²) in [5.74, 6) is -1.36. The van der Waals surface area contributed by atoms with E-state index in [0.29, 0.717) is 12.2 Å². The quantitative estimate of drug-likeness (QED) is 0.287. The summed E-state index contributed by atoms with van der Waals surface area (Å²) in [6, 6.07) is 21.0. The second-order valence-corrected chi connectivity index (χ2v) is 12.9. The van der Waals surface area contributed by atoms with Crippen LogP contribution in [0, 0.1) is 15.3 Å². The Labute approximate surface area is 243 Å². The number of rotatable bonds is 12. The molecule has 3 rings (SSSR count). The molecule has 0 fully saturated rings. The van der Waals surface area contributed by atoms with Gasteiger partial charge < -0.3 is 10.2 Å². The van der Waals surface area contributed by atoms with Crippen molar-refractivity contribution in [3.05, 3.63) is 99.4 Å². The van der Waals surface area contributed by atoms with E-state index < -0.39 is 40.2 Å². The summed E-state index contributed by atoms with van der Waals surface area (Å²) in [5.41, 5.74) is 1.35. The first-order valence-corrected chi connectivity index (χ1v) is 15.5. The van der Waals surface area contributed by atoms with E-state index in [0.717, 1.165) is 19.7 Å². The molecule has 0 aliphatic rings. The smallest absolute Gasteiger partial charge is 0.244 e. The van der Waals surface area contributed by atoms with Gasteiger partial charge in [0.2, 0.25) is 21.8 Å². The molecule has 1 N–H and O–H groups in total. The molecule has 7 nitrogen and oxygen atoms in total. The largest absolute Gasteiger partial charge is 0.354 e. The van der Waals surface area contributed by atoms with Crippen LogP contribution in [0.25, 0.3) is 0 Å². The Hall–Kier alpha value is -2.99. The van der Waals surface area contributed by atoms with Gasteiger partial charge in [0, 0.05) is 28.6 Å². The number of nitrogens with zero attached hydrogens (tertiary/aromatic N) is 2. The topological polar surface area (TPSA) is 86.8 Å². The predicted molar refractivity (Wildman–Crippen MR) is 160 cm³/mol. The predicted octanol–water partition coefficient (Wildman–Crippen LogP) is 4.61. The lowest BCUT2D eigenvalue weighted by Gasteiger charge is -2.33. The number of sulfonamides is 1. The fourth-order valence-corrected chi connectivity index (χ4v) is 5.22. The average molecular weight is 666 g/mol. The molecule has 0 heterocycles. The fourth-order valence-electron chi connectivity index (χ4n) is 4.01. The standard InChI is InChI=1S/C29H33FIN3O4S/c1-21(2)18-32-29(36)27(17-22-9-5-4-6-10-22)33(19-23-11-7-8-12-26(23)30)28(35)20-34(39(3,37)38)25-15-13-24(31)14-16-25/h4-16,21,27H,17-20H2,1-3H3,(H,32,36)/t27-/m0/s1. The lowest BCUT2D eigenvalue weighted by atomic mass is 10.0. The van der Waals surface area contributed by atoms with Crippen LogP contribution in [-0.4, -0.2) is 50.5 Å². The van der Waals surface area contributed by atoms with Crippen LogP contribution < -0.4 is 9.62 Å². The normalized spacial score (nSPS) is 12.2. The minimum Gasteiger partial charge on any atom is -0.354 e. The van der Waals surface area contributed by atoms with E-state index >= 15 is 0 Å². The number of hydrogen-bond donors (Lipinski definition) is 1. The second-order valence-electron chi connectivity index (χ2n) is 9.70. The third-order valence-corrected chi connectivity index (χ3v) is 7.91. The van der Waals surface area contributed by atoms with Gasteiger partial charge in [0.05, 0.1) is 11.9 Å². The third kappa shape index (κ3) is 9.03. The summed E-state index contributed by atoms with van der Waals surface area (Å²) in [7, 11) is -3.86. The van der Waals surface area contributed by atoms with Crippen molar-refractivity contribution in [2.45, 2.75) is 32.9 Å². The first-order valence-electron chi connectivity index (χ1n) is 12.5. The van der Waals surface area contributed by atoms with Crippen LogP contribution in [-0.2, 0) is 32.6 Å². The van der Waals surface area contributed by atoms with Crippen LogP contribution in [0.1, 0.15) is 25.0 Å². The molecule has 208 valence electrons. The Morgan fingerprint density at radius 3 is 2.15 bits per heavy atom. The van der Waals surface area contributed by atoms with E-state index in [4.69, 9.17) is 0 Å². The molecule has 0 aliphatic carbocycles. The van der Waals surface area contributed by atoms with Gasteiger partial charge in [0.1, 0.15) is 18.4 Å². The van der Waals surface area contributed by atoms with Crippen molar-refractivity contribution < 1.29 is 22.4 Å². The zero-order chi connectivity index (χ0) is 28.6. The third-order valence-electron chi connectivity index (χ3n) is 6.05. The van der Waals surface area contributed by atoms with Gasteiger partial charge in [0.25, 0.3) is 0 Å². The van der Waals surface area contributed by atoms with Crippen molar-refractivity contribution in [3.63, 3.8) is 0 Å². The van der Waals surface area contributed by atoms with Crippen molar-refractivity contribution in [1.29, 1.82) is 0 Å². The zero-order valence-corrected chi connectivity index (χ0v) is 25.2. The molecule has 0 bridgehead atoms. The first kappa shape index (κ1) is 30.6. The maximum atomic E-state index is 14.8. The number of halogens is 2. The van der Waals surface area contributed by atoms with E-state index in [1.807, 2.05) is 44.2 Å². The first-order chi connectivity index (χ1) is 18.5. The highest BCUT2D eigenvalue weighted by Gasteiger charge is 2.33. The Morgan fingerprint density at radius 2 is 1.56 bits per heavy atom. The highest BCUT2D eigenvalue weighted by molar-refractivity contribution is 14.1. The van der Waals surface area contributed by atoms with E-state index in [1.165, 1.54) is 11.0 Å². The molecule has 0 aromatic heterocycles. The van der Waals surface area contributed by atoms with Gasteiger partial charge in [0.15, 0.2) is 0 Å². The number of benzene rings is 3. The summed E-state index contributed by atoms with van der Waals surface area (Å²) < 4.78 is 42.2. The van der Waals surface area contributed by atoms with Gasteiger partial charge >= 0.3 is 0 Å². The van der Waals surface area contributed by atoms with Gasteiger partial charge in [-0.25, -0.2) is 12.8 Å². The molecule has 0 radical (unpaired) electrons. The maximum Gasteiger partial charge on any atom is 0.244 e. The summed E-state index contributed by atoms with van der Waals surface area (Å²) in [6.45, 7) is 3.56. The summed E-state index contributed by atoms with van der Waals surface area (Å²) >= 11 is 2.11. The Morgan fingerprint density at radius 1 is 0.949 bits per heavy atom. The number of carbonyl (C=O) groups is 2. The summed E-state index contributed by atoms with van der Waals surface area (Å²) in [4.78, 5) is 28.8. The molecule has 0 unspecified atom stereocenters. The minimum absolute atomic E-state index is 0.170.